The second-order valence-electron chi connectivity index (χ2n) is 3.12. The van der Waals surface area contributed by atoms with Gasteiger partial charge in [-0.3, -0.25) is 0 Å². The van der Waals surface area contributed by atoms with Gasteiger partial charge in [-0.15, -0.1) is 0 Å². The molecule has 1 saturated heterocycles. The molecule has 1 fully saturated rings. The molecular formula is C9H15NO3. The molecule has 2 unspecified atom stereocenters. The summed E-state index contributed by atoms with van der Waals surface area (Å²) < 4.78 is 5.34. The average molecular weight is 185 g/mol. The van der Waals surface area contributed by atoms with E-state index in [1.54, 1.807) is 6.08 Å². The van der Waals surface area contributed by atoms with Gasteiger partial charge in [0.15, 0.2) is 0 Å². The summed E-state index contributed by atoms with van der Waals surface area (Å²) >= 11 is 0. The highest BCUT2D eigenvalue weighted by Gasteiger charge is 2.22. The first-order valence-corrected chi connectivity index (χ1v) is 4.44. The van der Waals surface area contributed by atoms with Crippen molar-refractivity contribution in [2.45, 2.75) is 25.5 Å². The quantitative estimate of drug-likeness (QED) is 0.622. The molecule has 2 N–H and O–H groups in total. The molecule has 13 heavy (non-hydrogen) atoms. The predicted molar refractivity (Wildman–Crippen MR) is 48.6 cm³/mol. The van der Waals surface area contributed by atoms with Crippen LogP contribution in [-0.4, -0.2) is 36.4 Å². The molecule has 4 heteroatoms. The van der Waals surface area contributed by atoms with Crippen molar-refractivity contribution in [3.05, 3.63) is 12.2 Å². The zero-order valence-electron chi connectivity index (χ0n) is 7.69. The highest BCUT2D eigenvalue weighted by Crippen LogP contribution is 2.11. The van der Waals surface area contributed by atoms with E-state index in [0.717, 1.165) is 19.1 Å². The van der Waals surface area contributed by atoms with Gasteiger partial charge in [-0.05, 0) is 13.3 Å². The summed E-state index contributed by atoms with van der Waals surface area (Å²) in [5.74, 6) is -0.905. The molecule has 1 heterocycles. The topological polar surface area (TPSA) is 58.6 Å². The molecule has 0 aliphatic carbocycles. The average Bonchev–Trinajstić information content (AvgIpc) is 2.45. The number of hydrogen-bond donors (Lipinski definition) is 2. The van der Waals surface area contributed by atoms with Gasteiger partial charge in [-0.1, -0.05) is 6.08 Å². The third kappa shape index (κ3) is 3.57. The number of rotatable bonds is 4. The molecule has 2 atom stereocenters. The number of carbonyl (C=O) groups is 1. The van der Waals surface area contributed by atoms with Crippen LogP contribution in [0.4, 0.5) is 0 Å². The molecule has 1 aliphatic heterocycles. The van der Waals surface area contributed by atoms with Crippen molar-refractivity contribution in [1.29, 1.82) is 0 Å². The van der Waals surface area contributed by atoms with E-state index >= 15 is 0 Å². The lowest BCUT2D eigenvalue weighted by atomic mass is 10.1. The zero-order chi connectivity index (χ0) is 9.68. The highest BCUT2D eigenvalue weighted by molar-refractivity contribution is 5.79. The molecule has 1 aliphatic rings. The minimum atomic E-state index is -0.905. The van der Waals surface area contributed by atoms with E-state index in [0.29, 0.717) is 12.6 Å². The van der Waals surface area contributed by atoms with Gasteiger partial charge < -0.3 is 15.2 Å². The van der Waals surface area contributed by atoms with Crippen LogP contribution in [0, 0.1) is 0 Å². The third-order valence-corrected chi connectivity index (χ3v) is 2.13. The first-order valence-electron chi connectivity index (χ1n) is 4.44. The van der Waals surface area contributed by atoms with Gasteiger partial charge in [-0.25, -0.2) is 4.79 Å². The largest absolute Gasteiger partial charge is 0.478 e. The fourth-order valence-corrected chi connectivity index (χ4v) is 1.38. The van der Waals surface area contributed by atoms with Crippen molar-refractivity contribution >= 4 is 5.97 Å². The first-order chi connectivity index (χ1) is 6.20. The van der Waals surface area contributed by atoms with Crippen LogP contribution < -0.4 is 5.32 Å². The molecule has 0 saturated carbocycles. The second kappa shape index (κ2) is 4.99. The Morgan fingerprint density at radius 3 is 3.08 bits per heavy atom. The smallest absolute Gasteiger partial charge is 0.328 e. The number of aliphatic carboxylic acids is 1. The zero-order valence-corrected chi connectivity index (χ0v) is 7.69. The highest BCUT2D eigenvalue weighted by atomic mass is 16.5. The maximum Gasteiger partial charge on any atom is 0.328 e. The summed E-state index contributed by atoms with van der Waals surface area (Å²) in [7, 11) is 0. The van der Waals surface area contributed by atoms with Gasteiger partial charge in [0.1, 0.15) is 0 Å². The van der Waals surface area contributed by atoms with Crippen LogP contribution in [0.25, 0.3) is 0 Å². The minimum Gasteiger partial charge on any atom is -0.478 e. The maximum absolute atomic E-state index is 10.1. The standard InChI is InChI=1S/C9H15NO3/c1-7-8(4-6-13-7)10-5-2-3-9(11)12/h2-3,7-8,10H,4-6H2,1H3,(H,11,12)/b3-2+. The number of carboxylic acid groups (broad SMARTS) is 1. The van der Waals surface area contributed by atoms with Crippen molar-refractivity contribution in [2.24, 2.45) is 0 Å². The number of hydrogen-bond acceptors (Lipinski definition) is 3. The Hall–Kier alpha value is -0.870. The fraction of sp³-hybridized carbons (Fsp3) is 0.667. The first kappa shape index (κ1) is 10.2. The lowest BCUT2D eigenvalue weighted by Crippen LogP contribution is -2.34. The van der Waals surface area contributed by atoms with Crippen LogP contribution in [0.2, 0.25) is 0 Å². The second-order valence-corrected chi connectivity index (χ2v) is 3.12. The summed E-state index contributed by atoms with van der Waals surface area (Å²) in [6, 6.07) is 0.360. The Morgan fingerprint density at radius 2 is 2.54 bits per heavy atom. The molecule has 0 amide bonds. The Labute approximate surface area is 77.6 Å². The van der Waals surface area contributed by atoms with Crippen LogP contribution in [-0.2, 0) is 9.53 Å². The molecule has 0 aromatic rings. The lowest BCUT2D eigenvalue weighted by molar-refractivity contribution is -0.131. The molecular weight excluding hydrogens is 170 g/mol. The minimum absolute atomic E-state index is 0.234. The van der Waals surface area contributed by atoms with Gasteiger partial charge in [-0.2, -0.15) is 0 Å². The van der Waals surface area contributed by atoms with Crippen LogP contribution >= 0.6 is 0 Å². The van der Waals surface area contributed by atoms with E-state index in [2.05, 4.69) is 5.32 Å². The van der Waals surface area contributed by atoms with Crippen LogP contribution in [0.5, 0.6) is 0 Å². The molecule has 1 rings (SSSR count). The van der Waals surface area contributed by atoms with Gasteiger partial charge in [0, 0.05) is 25.3 Å². The Balaban J connectivity index is 2.15. The van der Waals surface area contributed by atoms with Crippen molar-refractivity contribution in [3.8, 4) is 0 Å². The Morgan fingerprint density at radius 1 is 1.77 bits per heavy atom. The molecule has 0 aromatic carbocycles. The number of carboxylic acids is 1. The molecule has 74 valence electrons. The van der Waals surface area contributed by atoms with E-state index < -0.39 is 5.97 Å². The number of nitrogens with one attached hydrogen (secondary N) is 1. The maximum atomic E-state index is 10.1. The Bertz CT molecular complexity index is 203. The van der Waals surface area contributed by atoms with Crippen molar-refractivity contribution in [3.63, 3.8) is 0 Å². The van der Waals surface area contributed by atoms with E-state index in [4.69, 9.17) is 9.84 Å². The molecule has 4 nitrogen and oxygen atoms in total. The van der Waals surface area contributed by atoms with Gasteiger partial charge >= 0.3 is 5.97 Å². The summed E-state index contributed by atoms with van der Waals surface area (Å²) in [5, 5.41) is 11.5. The fourth-order valence-electron chi connectivity index (χ4n) is 1.38. The van der Waals surface area contributed by atoms with Crippen LogP contribution in [0.15, 0.2) is 12.2 Å². The Kier molecular flexibility index (Phi) is 3.92. The van der Waals surface area contributed by atoms with Gasteiger partial charge in [0.25, 0.3) is 0 Å². The third-order valence-electron chi connectivity index (χ3n) is 2.13. The van der Waals surface area contributed by atoms with Crippen molar-refractivity contribution < 1.29 is 14.6 Å². The van der Waals surface area contributed by atoms with E-state index in [1.807, 2.05) is 6.92 Å². The van der Waals surface area contributed by atoms with Gasteiger partial charge in [0.2, 0.25) is 0 Å². The van der Waals surface area contributed by atoms with Gasteiger partial charge in [0.05, 0.1) is 6.10 Å². The monoisotopic (exact) mass is 185 g/mol. The van der Waals surface area contributed by atoms with Crippen molar-refractivity contribution in [1.82, 2.24) is 5.32 Å². The molecule has 0 aromatic heterocycles. The molecule has 0 radical (unpaired) electrons. The van der Waals surface area contributed by atoms with E-state index in [9.17, 15) is 4.79 Å². The summed E-state index contributed by atoms with van der Waals surface area (Å²) in [6.45, 7) is 3.40. The van der Waals surface area contributed by atoms with Crippen LogP contribution in [0.1, 0.15) is 13.3 Å². The van der Waals surface area contributed by atoms with E-state index in [1.165, 1.54) is 0 Å². The van der Waals surface area contributed by atoms with Crippen molar-refractivity contribution in [2.75, 3.05) is 13.2 Å². The normalized spacial score (nSPS) is 28.4. The SMILES string of the molecule is CC1OCCC1NC/C=C/C(=O)O. The summed E-state index contributed by atoms with van der Waals surface area (Å²) in [5.41, 5.74) is 0. The summed E-state index contributed by atoms with van der Waals surface area (Å²) in [4.78, 5) is 10.1. The van der Waals surface area contributed by atoms with Crippen LogP contribution in [0.3, 0.4) is 0 Å². The number of ether oxygens (including phenoxy) is 1. The summed E-state index contributed by atoms with van der Waals surface area (Å²) in [6.07, 6.45) is 3.99. The molecule has 0 bridgehead atoms. The lowest BCUT2D eigenvalue weighted by Gasteiger charge is -2.13. The molecule has 0 spiro atoms. The predicted octanol–water partition coefficient (Wildman–Crippen LogP) is 0.394. The van der Waals surface area contributed by atoms with E-state index in [-0.39, 0.29) is 6.10 Å².